The minimum Gasteiger partial charge on any atom is -0.326 e. The maximum Gasteiger partial charge on any atom is 0.236 e. The molecule has 2 aromatic carbocycles. The van der Waals surface area contributed by atoms with Gasteiger partial charge in [-0.05, 0) is 30.7 Å². The molecule has 1 heterocycles. The van der Waals surface area contributed by atoms with Crippen LogP contribution in [0.4, 0.5) is 10.8 Å². The SMILES string of the molecule is CC(=O)Nc1ccc(-c2csc(NC(=O)CSc3ccccc3C)n2)cc1. The molecule has 0 saturated heterocycles. The molecule has 2 N–H and O–H groups in total. The highest BCUT2D eigenvalue weighted by atomic mass is 32.2. The highest BCUT2D eigenvalue weighted by Gasteiger charge is 2.09. The minimum absolute atomic E-state index is 0.0786. The first kappa shape index (κ1) is 19.1. The molecule has 27 heavy (non-hydrogen) atoms. The van der Waals surface area contributed by atoms with Crippen LogP contribution in [-0.2, 0) is 9.59 Å². The molecule has 5 nitrogen and oxygen atoms in total. The van der Waals surface area contributed by atoms with E-state index in [-0.39, 0.29) is 11.8 Å². The van der Waals surface area contributed by atoms with Crippen LogP contribution in [0.15, 0.2) is 58.8 Å². The number of carbonyl (C=O) groups is 2. The molecule has 3 aromatic rings. The maximum atomic E-state index is 12.2. The number of hydrogen-bond donors (Lipinski definition) is 2. The van der Waals surface area contributed by atoms with Crippen molar-refractivity contribution in [3.8, 4) is 11.3 Å². The maximum absolute atomic E-state index is 12.2. The normalized spacial score (nSPS) is 10.4. The molecule has 0 radical (unpaired) electrons. The fourth-order valence-electron chi connectivity index (χ4n) is 2.41. The molecule has 2 amide bonds. The second-order valence-corrected chi connectivity index (χ2v) is 7.77. The Morgan fingerprint density at radius 1 is 1.07 bits per heavy atom. The van der Waals surface area contributed by atoms with Crippen molar-refractivity contribution in [3.63, 3.8) is 0 Å². The summed E-state index contributed by atoms with van der Waals surface area (Å²) < 4.78 is 0. The zero-order chi connectivity index (χ0) is 19.2. The van der Waals surface area contributed by atoms with Crippen molar-refractivity contribution >= 4 is 45.7 Å². The molecule has 0 aliphatic heterocycles. The summed E-state index contributed by atoms with van der Waals surface area (Å²) in [5, 5.41) is 8.06. The van der Waals surface area contributed by atoms with Gasteiger partial charge in [0.2, 0.25) is 11.8 Å². The van der Waals surface area contributed by atoms with Crippen molar-refractivity contribution in [2.24, 2.45) is 0 Å². The smallest absolute Gasteiger partial charge is 0.236 e. The summed E-state index contributed by atoms with van der Waals surface area (Å²) in [5.41, 5.74) is 3.61. The number of nitrogens with zero attached hydrogens (tertiary/aromatic N) is 1. The Labute approximate surface area is 166 Å². The monoisotopic (exact) mass is 397 g/mol. The highest BCUT2D eigenvalue weighted by molar-refractivity contribution is 8.00. The van der Waals surface area contributed by atoms with Gasteiger partial charge in [-0.2, -0.15) is 0 Å². The van der Waals surface area contributed by atoms with E-state index in [9.17, 15) is 9.59 Å². The Morgan fingerprint density at radius 2 is 1.81 bits per heavy atom. The van der Waals surface area contributed by atoms with E-state index in [0.29, 0.717) is 10.9 Å². The summed E-state index contributed by atoms with van der Waals surface area (Å²) >= 11 is 2.90. The molecule has 0 aliphatic carbocycles. The second kappa shape index (κ2) is 8.83. The number of amides is 2. The van der Waals surface area contributed by atoms with Crippen LogP contribution in [0.2, 0.25) is 0 Å². The van der Waals surface area contributed by atoms with Gasteiger partial charge < -0.3 is 10.6 Å². The van der Waals surface area contributed by atoms with Crippen LogP contribution in [-0.4, -0.2) is 22.6 Å². The van der Waals surface area contributed by atoms with Crippen LogP contribution >= 0.6 is 23.1 Å². The number of hydrogen-bond acceptors (Lipinski definition) is 5. The van der Waals surface area contributed by atoms with Crippen molar-refractivity contribution in [3.05, 3.63) is 59.5 Å². The zero-order valence-corrected chi connectivity index (χ0v) is 16.6. The standard InChI is InChI=1S/C20H19N3O2S2/c1-13-5-3-4-6-18(13)26-12-19(25)23-20-22-17(11-27-20)15-7-9-16(10-8-15)21-14(2)24/h3-11H,12H2,1-2H3,(H,21,24)(H,22,23,25). The van der Waals surface area contributed by atoms with Crippen LogP contribution in [0.1, 0.15) is 12.5 Å². The third kappa shape index (κ3) is 5.42. The van der Waals surface area contributed by atoms with Gasteiger partial charge in [-0.3, -0.25) is 9.59 Å². The van der Waals surface area contributed by atoms with Gasteiger partial charge in [-0.25, -0.2) is 4.98 Å². The molecule has 0 spiro atoms. The fraction of sp³-hybridized carbons (Fsp3) is 0.150. The van der Waals surface area contributed by atoms with E-state index in [1.807, 2.05) is 60.8 Å². The van der Waals surface area contributed by atoms with E-state index in [4.69, 9.17) is 0 Å². The predicted molar refractivity (Wildman–Crippen MR) is 112 cm³/mol. The molecule has 0 fully saturated rings. The molecule has 0 bridgehead atoms. The number of thiazole rings is 1. The quantitative estimate of drug-likeness (QED) is 0.586. The lowest BCUT2D eigenvalue weighted by molar-refractivity contribution is -0.114. The molecule has 0 aliphatic rings. The predicted octanol–water partition coefficient (Wildman–Crippen LogP) is 4.81. The Kier molecular flexibility index (Phi) is 6.26. The van der Waals surface area contributed by atoms with E-state index in [1.165, 1.54) is 30.0 Å². The minimum atomic E-state index is -0.107. The van der Waals surface area contributed by atoms with E-state index < -0.39 is 0 Å². The van der Waals surface area contributed by atoms with Gasteiger partial charge in [0.1, 0.15) is 0 Å². The molecule has 0 saturated carbocycles. The van der Waals surface area contributed by atoms with Gasteiger partial charge in [-0.1, -0.05) is 30.3 Å². The Balaban J connectivity index is 1.58. The van der Waals surface area contributed by atoms with Gasteiger partial charge >= 0.3 is 0 Å². The number of nitrogens with one attached hydrogen (secondary N) is 2. The average molecular weight is 398 g/mol. The first-order valence-corrected chi connectivity index (χ1v) is 10.2. The van der Waals surface area contributed by atoms with Crippen molar-refractivity contribution in [1.82, 2.24) is 4.98 Å². The Bertz CT molecular complexity index is 952. The number of rotatable bonds is 6. The fourth-order valence-corrected chi connectivity index (χ4v) is 3.97. The summed E-state index contributed by atoms with van der Waals surface area (Å²) in [7, 11) is 0. The first-order valence-electron chi connectivity index (χ1n) is 8.33. The summed E-state index contributed by atoms with van der Waals surface area (Å²) in [4.78, 5) is 28.8. The third-order valence-electron chi connectivity index (χ3n) is 3.70. The van der Waals surface area contributed by atoms with E-state index in [1.54, 1.807) is 0 Å². The van der Waals surface area contributed by atoms with E-state index in [2.05, 4.69) is 15.6 Å². The van der Waals surface area contributed by atoms with Gasteiger partial charge in [0.15, 0.2) is 5.13 Å². The van der Waals surface area contributed by atoms with Gasteiger partial charge in [0, 0.05) is 28.5 Å². The molecule has 7 heteroatoms. The van der Waals surface area contributed by atoms with Gasteiger partial charge in [0.05, 0.1) is 11.4 Å². The lowest BCUT2D eigenvalue weighted by atomic mass is 10.1. The summed E-state index contributed by atoms with van der Waals surface area (Å²) in [6.07, 6.45) is 0. The number of benzene rings is 2. The van der Waals surface area contributed by atoms with Crippen molar-refractivity contribution in [2.75, 3.05) is 16.4 Å². The number of thioether (sulfide) groups is 1. The summed E-state index contributed by atoms with van der Waals surface area (Å²) in [5.74, 6) is 0.153. The number of carbonyl (C=O) groups excluding carboxylic acids is 2. The lowest BCUT2D eigenvalue weighted by Crippen LogP contribution is -2.13. The first-order chi connectivity index (χ1) is 13.0. The van der Waals surface area contributed by atoms with Crippen molar-refractivity contribution in [2.45, 2.75) is 18.7 Å². The highest BCUT2D eigenvalue weighted by Crippen LogP contribution is 2.27. The molecular formula is C20H19N3O2S2. The van der Waals surface area contributed by atoms with Crippen LogP contribution < -0.4 is 10.6 Å². The molecule has 138 valence electrons. The van der Waals surface area contributed by atoms with Crippen molar-refractivity contribution in [1.29, 1.82) is 0 Å². The molecular weight excluding hydrogens is 378 g/mol. The van der Waals surface area contributed by atoms with Crippen LogP contribution in [0.25, 0.3) is 11.3 Å². The number of aryl methyl sites for hydroxylation is 1. The topological polar surface area (TPSA) is 71.1 Å². The van der Waals surface area contributed by atoms with E-state index >= 15 is 0 Å². The summed E-state index contributed by atoms with van der Waals surface area (Å²) in [6, 6.07) is 15.4. The largest absolute Gasteiger partial charge is 0.326 e. The van der Waals surface area contributed by atoms with Crippen LogP contribution in [0, 0.1) is 6.92 Å². The zero-order valence-electron chi connectivity index (χ0n) is 15.0. The number of anilines is 2. The Morgan fingerprint density at radius 3 is 2.52 bits per heavy atom. The molecule has 1 aromatic heterocycles. The lowest BCUT2D eigenvalue weighted by Gasteiger charge is -2.05. The average Bonchev–Trinajstić information content (AvgIpc) is 3.09. The van der Waals surface area contributed by atoms with Gasteiger partial charge in [0.25, 0.3) is 0 Å². The summed E-state index contributed by atoms with van der Waals surface area (Å²) in [6.45, 7) is 3.51. The Hall–Kier alpha value is -2.64. The van der Waals surface area contributed by atoms with Crippen molar-refractivity contribution < 1.29 is 9.59 Å². The molecule has 3 rings (SSSR count). The molecule has 0 atom stereocenters. The van der Waals surface area contributed by atoms with Gasteiger partial charge in [-0.15, -0.1) is 23.1 Å². The van der Waals surface area contributed by atoms with Crippen LogP contribution in [0.5, 0.6) is 0 Å². The number of aromatic nitrogens is 1. The van der Waals surface area contributed by atoms with Crippen LogP contribution in [0.3, 0.4) is 0 Å². The third-order valence-corrected chi connectivity index (χ3v) is 5.64. The van der Waals surface area contributed by atoms with E-state index in [0.717, 1.165) is 27.4 Å². The molecule has 0 unspecified atom stereocenters. The second-order valence-electron chi connectivity index (χ2n) is 5.90.